The van der Waals surface area contributed by atoms with Gasteiger partial charge in [0.2, 0.25) is 23.6 Å². The molecule has 13 nitrogen and oxygen atoms in total. The maximum absolute atomic E-state index is 14.7. The minimum Gasteiger partial charge on any atom is -0.390 e. The van der Waals surface area contributed by atoms with Crippen LogP contribution in [0.25, 0.3) is 10.8 Å². The van der Waals surface area contributed by atoms with Crippen LogP contribution in [0.3, 0.4) is 0 Å². The van der Waals surface area contributed by atoms with Gasteiger partial charge < -0.3 is 35.6 Å². The van der Waals surface area contributed by atoms with E-state index in [1.807, 2.05) is 70.9 Å². The average molecular weight is 866 g/mol. The number of nitrogens with one attached hydrogen (secondary N) is 3. The van der Waals surface area contributed by atoms with Crippen LogP contribution in [-0.2, 0) is 36.8 Å². The molecule has 0 radical (unpaired) electrons. The van der Waals surface area contributed by atoms with Crippen molar-refractivity contribution in [3.8, 4) is 0 Å². The first-order chi connectivity index (χ1) is 30.3. The van der Waals surface area contributed by atoms with Crippen LogP contribution < -0.4 is 20.9 Å². The van der Waals surface area contributed by atoms with E-state index in [-0.39, 0.29) is 31.1 Å². The molecule has 2 aliphatic heterocycles. The van der Waals surface area contributed by atoms with E-state index in [4.69, 9.17) is 4.74 Å². The molecule has 1 saturated carbocycles. The Hall–Kier alpha value is -4.89. The number of carbonyl (C=O) groups is 4. The normalized spacial score (nSPS) is 18.4. The third-order valence-corrected chi connectivity index (χ3v) is 13.4. The van der Waals surface area contributed by atoms with E-state index in [2.05, 4.69) is 42.9 Å². The number of aromatic nitrogens is 1. The van der Waals surface area contributed by atoms with Crippen LogP contribution >= 0.6 is 11.3 Å². The topological polar surface area (TPSA) is 156 Å². The van der Waals surface area contributed by atoms with Crippen molar-refractivity contribution in [3.63, 3.8) is 0 Å². The van der Waals surface area contributed by atoms with Gasteiger partial charge in [0.25, 0.3) is 0 Å². The first-order valence-corrected chi connectivity index (χ1v) is 23.5. The number of para-hydroxylation sites is 1. The summed E-state index contributed by atoms with van der Waals surface area (Å²) < 4.78 is 5.43. The molecule has 3 aliphatic rings. The van der Waals surface area contributed by atoms with E-state index >= 15 is 0 Å². The standard InChI is InChI=1S/C48H63N7O6S/c56-44(32-45(57)49-18-19-53-24-26-61-27-25-53)42(28-35-10-3-1-4-11-35)51-48(60)43(31-39-33-62-34-50-39)52-47(59)38(29-37-14-9-13-36-12-7-8-17-41(36)37)30-46(58)55-22-20-54(21-23-55)40-15-5-2-6-16-40/h2,5-9,12-17,33-35,38,42-44,56H,1,3-4,10-11,18-32H2,(H,49,57)(H,51,60)(H,52,59)/t38-,42+,43?,44+/m1/s1. The first kappa shape index (κ1) is 45.1. The van der Waals surface area contributed by atoms with Crippen molar-refractivity contribution in [1.29, 1.82) is 0 Å². The fourth-order valence-electron chi connectivity index (χ4n) is 9.19. The predicted octanol–water partition coefficient (Wildman–Crippen LogP) is 4.58. The van der Waals surface area contributed by atoms with E-state index in [1.165, 1.54) is 11.3 Å². The van der Waals surface area contributed by atoms with Gasteiger partial charge in [-0.2, -0.15) is 0 Å². The van der Waals surface area contributed by atoms with Gasteiger partial charge in [-0.25, -0.2) is 4.98 Å². The number of aliphatic hydroxyl groups excluding tert-OH is 1. The van der Waals surface area contributed by atoms with Crippen LogP contribution in [0.5, 0.6) is 0 Å². The number of amides is 4. The first-order valence-electron chi connectivity index (χ1n) is 22.6. The van der Waals surface area contributed by atoms with Crippen molar-refractivity contribution in [1.82, 2.24) is 30.7 Å². The molecule has 3 fully saturated rings. The molecule has 332 valence electrons. The third kappa shape index (κ3) is 13.1. The second kappa shape index (κ2) is 23.0. The Bertz CT molecular complexity index is 2030. The highest BCUT2D eigenvalue weighted by Gasteiger charge is 2.34. The van der Waals surface area contributed by atoms with Crippen LogP contribution in [0.15, 0.2) is 83.7 Å². The second-order valence-electron chi connectivity index (χ2n) is 17.1. The summed E-state index contributed by atoms with van der Waals surface area (Å²) in [5.41, 5.74) is 4.41. The minimum atomic E-state index is -1.13. The second-order valence-corrected chi connectivity index (χ2v) is 17.8. The molecule has 14 heteroatoms. The van der Waals surface area contributed by atoms with Crippen LogP contribution in [0.2, 0.25) is 0 Å². The number of benzene rings is 3. The molecule has 1 aliphatic carbocycles. The zero-order chi connectivity index (χ0) is 43.1. The number of fused-ring (bicyclic) bond motifs is 1. The van der Waals surface area contributed by atoms with Crippen molar-refractivity contribution in [2.24, 2.45) is 11.8 Å². The van der Waals surface area contributed by atoms with Crippen molar-refractivity contribution in [3.05, 3.63) is 94.9 Å². The lowest BCUT2D eigenvalue weighted by atomic mass is 9.83. The molecule has 4 N–H and O–H groups in total. The average Bonchev–Trinajstić information content (AvgIpc) is 3.82. The highest BCUT2D eigenvalue weighted by molar-refractivity contribution is 7.07. The number of thiazole rings is 1. The number of aliphatic hydroxyl groups is 1. The lowest BCUT2D eigenvalue weighted by Crippen LogP contribution is -2.55. The van der Waals surface area contributed by atoms with Gasteiger partial charge >= 0.3 is 0 Å². The van der Waals surface area contributed by atoms with Gasteiger partial charge in [0.05, 0.1) is 48.9 Å². The van der Waals surface area contributed by atoms with Crippen molar-refractivity contribution < 1.29 is 29.0 Å². The molecule has 0 spiro atoms. The molecular weight excluding hydrogens is 803 g/mol. The van der Waals surface area contributed by atoms with Crippen molar-refractivity contribution in [2.75, 3.05) is 70.5 Å². The highest BCUT2D eigenvalue weighted by atomic mass is 32.1. The zero-order valence-corrected chi connectivity index (χ0v) is 36.6. The Morgan fingerprint density at radius 1 is 0.806 bits per heavy atom. The summed E-state index contributed by atoms with van der Waals surface area (Å²) in [6.07, 6.45) is 4.99. The van der Waals surface area contributed by atoms with Crippen LogP contribution in [0.1, 0.15) is 62.6 Å². The van der Waals surface area contributed by atoms with Gasteiger partial charge in [-0.15, -0.1) is 11.3 Å². The Morgan fingerprint density at radius 3 is 2.31 bits per heavy atom. The Labute approximate surface area is 369 Å². The van der Waals surface area contributed by atoms with E-state index in [1.54, 1.807) is 5.51 Å². The van der Waals surface area contributed by atoms with Gasteiger partial charge in [-0.05, 0) is 47.2 Å². The summed E-state index contributed by atoms with van der Waals surface area (Å²) >= 11 is 1.41. The number of ether oxygens (including phenoxy) is 1. The van der Waals surface area contributed by atoms with Crippen molar-refractivity contribution >= 4 is 51.4 Å². The Balaban J connectivity index is 1.06. The molecule has 1 unspecified atom stereocenters. The zero-order valence-electron chi connectivity index (χ0n) is 35.8. The number of hydrogen-bond acceptors (Lipinski definition) is 10. The van der Waals surface area contributed by atoms with Gasteiger partial charge in [-0.3, -0.25) is 24.1 Å². The summed E-state index contributed by atoms with van der Waals surface area (Å²) in [7, 11) is 0. The van der Waals surface area contributed by atoms with E-state index in [0.717, 1.165) is 67.2 Å². The Kier molecular flexibility index (Phi) is 16.7. The van der Waals surface area contributed by atoms with E-state index in [9.17, 15) is 24.3 Å². The number of carbonyl (C=O) groups excluding carboxylic acids is 4. The van der Waals surface area contributed by atoms with Crippen LogP contribution in [0.4, 0.5) is 5.69 Å². The number of piperazine rings is 1. The molecule has 4 amide bonds. The molecule has 2 saturated heterocycles. The lowest BCUT2D eigenvalue weighted by molar-refractivity contribution is -0.137. The smallest absolute Gasteiger partial charge is 0.243 e. The summed E-state index contributed by atoms with van der Waals surface area (Å²) in [5, 5.41) is 24.7. The third-order valence-electron chi connectivity index (χ3n) is 12.8. The highest BCUT2D eigenvalue weighted by Crippen LogP contribution is 2.29. The van der Waals surface area contributed by atoms with E-state index in [0.29, 0.717) is 76.9 Å². The number of hydrogen-bond donors (Lipinski definition) is 4. The Morgan fingerprint density at radius 2 is 1.55 bits per heavy atom. The van der Waals surface area contributed by atoms with Crippen molar-refractivity contribution in [2.45, 2.75) is 82.4 Å². The molecule has 4 atom stereocenters. The molecule has 3 heterocycles. The molecule has 1 aromatic heterocycles. The molecule has 7 rings (SSSR count). The summed E-state index contributed by atoms with van der Waals surface area (Å²) in [6.45, 7) is 6.61. The fraction of sp³-hybridized carbons (Fsp3) is 0.521. The number of morpholine rings is 1. The lowest BCUT2D eigenvalue weighted by Gasteiger charge is -2.36. The van der Waals surface area contributed by atoms with Gasteiger partial charge in [0.1, 0.15) is 6.04 Å². The summed E-state index contributed by atoms with van der Waals surface area (Å²) in [4.78, 5) is 67.2. The summed E-state index contributed by atoms with van der Waals surface area (Å²) in [6, 6.07) is 22.5. The SMILES string of the molecule is O=C(C[C@H](O)[C@H](CC1CCCCC1)NC(=O)C(Cc1cscn1)NC(=O)[C@@H](CC(=O)N1CCN(c2ccccc2)CC1)Cc1cccc2ccccc12)NCCN1CCOCC1. The maximum atomic E-state index is 14.7. The van der Waals surface area contributed by atoms with Gasteiger partial charge in [-0.1, -0.05) is 92.8 Å². The predicted molar refractivity (Wildman–Crippen MR) is 243 cm³/mol. The molecule has 3 aromatic carbocycles. The summed E-state index contributed by atoms with van der Waals surface area (Å²) in [5.74, 6) is -1.69. The number of nitrogens with zero attached hydrogens (tertiary/aromatic N) is 4. The monoisotopic (exact) mass is 865 g/mol. The number of anilines is 1. The molecular formula is C48H63N7O6S. The fourth-order valence-corrected chi connectivity index (χ4v) is 9.76. The maximum Gasteiger partial charge on any atom is 0.243 e. The largest absolute Gasteiger partial charge is 0.390 e. The minimum absolute atomic E-state index is 0.0187. The quantitative estimate of drug-likeness (QED) is 0.106. The number of rotatable bonds is 19. The molecule has 4 aromatic rings. The van der Waals surface area contributed by atoms with E-state index < -0.39 is 35.9 Å². The molecule has 62 heavy (non-hydrogen) atoms. The van der Waals surface area contributed by atoms with Gasteiger partial charge in [0.15, 0.2) is 0 Å². The molecule has 0 bridgehead atoms. The van der Waals surface area contributed by atoms with Crippen LogP contribution in [0, 0.1) is 11.8 Å². The van der Waals surface area contributed by atoms with Crippen LogP contribution in [-0.4, -0.2) is 127 Å². The van der Waals surface area contributed by atoms with Gasteiger partial charge in [0, 0.05) is 76.3 Å².